The van der Waals surface area contributed by atoms with Crippen molar-refractivity contribution < 1.29 is 18.8 Å². The second kappa shape index (κ2) is 7.25. The van der Waals surface area contributed by atoms with Crippen molar-refractivity contribution in [3.05, 3.63) is 28.6 Å². The van der Waals surface area contributed by atoms with E-state index in [0.29, 0.717) is 18.8 Å². The Morgan fingerprint density at radius 1 is 1.21 bits per heavy atom. The zero-order valence-corrected chi connectivity index (χ0v) is 14.4. The standard InChI is InChI=1S/C17H20N2O4S/c1-12-6-7-13(23-12)10-14-16(21)19(17(22)24-14)11-15(20)18-8-4-2-3-5-9-18/h6-7,10H,2-5,8-9,11H2,1H3/b14-10-. The van der Waals surface area contributed by atoms with Crippen molar-refractivity contribution in [2.75, 3.05) is 19.6 Å². The molecule has 0 radical (unpaired) electrons. The summed E-state index contributed by atoms with van der Waals surface area (Å²) in [6, 6.07) is 3.53. The first-order valence-corrected chi connectivity index (χ1v) is 8.96. The SMILES string of the molecule is Cc1ccc(/C=C2\SC(=O)N(CC(=O)N3CCCCCC3)C2=O)o1. The van der Waals surface area contributed by atoms with Crippen LogP contribution in [0.5, 0.6) is 0 Å². The van der Waals surface area contributed by atoms with Crippen LogP contribution in [0.1, 0.15) is 37.2 Å². The molecule has 0 spiro atoms. The van der Waals surface area contributed by atoms with Crippen molar-refractivity contribution >= 4 is 34.9 Å². The van der Waals surface area contributed by atoms with Gasteiger partial charge in [-0.2, -0.15) is 0 Å². The van der Waals surface area contributed by atoms with Gasteiger partial charge < -0.3 is 9.32 Å². The van der Waals surface area contributed by atoms with E-state index in [4.69, 9.17) is 4.42 Å². The highest BCUT2D eigenvalue weighted by molar-refractivity contribution is 8.18. The summed E-state index contributed by atoms with van der Waals surface area (Å²) in [6.07, 6.45) is 5.75. The molecule has 0 aliphatic carbocycles. The third-order valence-corrected chi connectivity index (χ3v) is 5.07. The lowest BCUT2D eigenvalue weighted by Crippen LogP contribution is -2.42. The summed E-state index contributed by atoms with van der Waals surface area (Å²) in [5.41, 5.74) is 0. The van der Waals surface area contributed by atoms with Crippen LogP contribution in [0.4, 0.5) is 4.79 Å². The largest absolute Gasteiger partial charge is 0.462 e. The van der Waals surface area contributed by atoms with E-state index in [1.165, 1.54) is 0 Å². The number of aryl methyl sites for hydroxylation is 1. The number of imide groups is 1. The Hall–Kier alpha value is -2.02. The monoisotopic (exact) mass is 348 g/mol. The number of carbonyl (C=O) groups is 3. The summed E-state index contributed by atoms with van der Waals surface area (Å²) in [5.74, 6) is 0.671. The third kappa shape index (κ3) is 3.72. The molecular formula is C17H20N2O4S. The minimum Gasteiger partial charge on any atom is -0.462 e. The molecule has 0 saturated carbocycles. The number of amides is 3. The molecule has 3 amide bonds. The van der Waals surface area contributed by atoms with Crippen LogP contribution in [-0.4, -0.2) is 46.5 Å². The highest BCUT2D eigenvalue weighted by atomic mass is 32.2. The highest BCUT2D eigenvalue weighted by Gasteiger charge is 2.37. The third-order valence-electron chi connectivity index (χ3n) is 4.16. The van der Waals surface area contributed by atoms with E-state index in [-0.39, 0.29) is 17.4 Å². The summed E-state index contributed by atoms with van der Waals surface area (Å²) in [5, 5.41) is -0.405. The summed E-state index contributed by atoms with van der Waals surface area (Å²) < 4.78 is 5.41. The van der Waals surface area contributed by atoms with Crippen LogP contribution >= 0.6 is 11.8 Å². The normalized spacial score (nSPS) is 20.8. The summed E-state index contributed by atoms with van der Waals surface area (Å²) in [7, 11) is 0. The lowest BCUT2D eigenvalue weighted by Gasteiger charge is -2.22. The Labute approximate surface area is 144 Å². The molecular weight excluding hydrogens is 328 g/mol. The van der Waals surface area contributed by atoms with Gasteiger partial charge in [0.05, 0.1) is 4.91 Å². The van der Waals surface area contributed by atoms with Gasteiger partial charge in [-0.1, -0.05) is 12.8 Å². The average molecular weight is 348 g/mol. The van der Waals surface area contributed by atoms with Gasteiger partial charge in [-0.3, -0.25) is 19.3 Å². The lowest BCUT2D eigenvalue weighted by molar-refractivity contribution is -0.135. The van der Waals surface area contributed by atoms with Crippen molar-refractivity contribution in [2.45, 2.75) is 32.6 Å². The molecule has 24 heavy (non-hydrogen) atoms. The molecule has 2 saturated heterocycles. The predicted octanol–water partition coefficient (Wildman–Crippen LogP) is 3.03. The molecule has 6 nitrogen and oxygen atoms in total. The minimum absolute atomic E-state index is 0.158. The molecule has 2 fully saturated rings. The van der Waals surface area contributed by atoms with E-state index >= 15 is 0 Å². The van der Waals surface area contributed by atoms with Crippen molar-refractivity contribution in [3.8, 4) is 0 Å². The first-order chi connectivity index (χ1) is 11.5. The van der Waals surface area contributed by atoms with Gasteiger partial charge in [0.25, 0.3) is 11.1 Å². The number of furan rings is 1. The zero-order valence-electron chi connectivity index (χ0n) is 13.6. The first kappa shape index (κ1) is 16.8. The quantitative estimate of drug-likeness (QED) is 0.785. The highest BCUT2D eigenvalue weighted by Crippen LogP contribution is 2.32. The van der Waals surface area contributed by atoms with Crippen LogP contribution in [-0.2, 0) is 9.59 Å². The molecule has 0 N–H and O–H groups in total. The van der Waals surface area contributed by atoms with Gasteiger partial charge in [0.2, 0.25) is 5.91 Å². The molecule has 0 bridgehead atoms. The fourth-order valence-corrected chi connectivity index (χ4v) is 3.67. The number of rotatable bonds is 3. The van der Waals surface area contributed by atoms with Gasteiger partial charge >= 0.3 is 0 Å². The molecule has 1 aromatic heterocycles. The first-order valence-electron chi connectivity index (χ1n) is 8.14. The fraction of sp³-hybridized carbons (Fsp3) is 0.471. The topological polar surface area (TPSA) is 70.8 Å². The number of likely N-dealkylation sites (tertiary alicyclic amines) is 1. The predicted molar refractivity (Wildman–Crippen MR) is 91.2 cm³/mol. The molecule has 2 aliphatic heterocycles. The Morgan fingerprint density at radius 3 is 2.54 bits per heavy atom. The molecule has 2 aliphatic rings. The van der Waals surface area contributed by atoms with Crippen molar-refractivity contribution in [1.82, 2.24) is 9.80 Å². The molecule has 3 rings (SSSR count). The molecule has 128 valence electrons. The fourth-order valence-electron chi connectivity index (χ4n) is 2.85. The van der Waals surface area contributed by atoms with Crippen molar-refractivity contribution in [2.24, 2.45) is 0 Å². The van der Waals surface area contributed by atoms with Gasteiger partial charge in [-0.05, 0) is 43.7 Å². The summed E-state index contributed by atoms with van der Waals surface area (Å²) >= 11 is 0.846. The Morgan fingerprint density at radius 2 is 1.92 bits per heavy atom. The molecule has 7 heteroatoms. The molecule has 0 atom stereocenters. The maximum Gasteiger partial charge on any atom is 0.294 e. The molecule has 1 aromatic rings. The average Bonchev–Trinajstić information content (AvgIpc) is 2.94. The van der Waals surface area contributed by atoms with Crippen LogP contribution in [0.2, 0.25) is 0 Å². The number of thioether (sulfide) groups is 1. The van der Waals surface area contributed by atoms with Gasteiger partial charge in [-0.25, -0.2) is 0 Å². The van der Waals surface area contributed by atoms with Crippen LogP contribution in [0.25, 0.3) is 6.08 Å². The van der Waals surface area contributed by atoms with Gasteiger partial charge in [0, 0.05) is 19.2 Å². The Kier molecular flexibility index (Phi) is 5.08. The number of carbonyl (C=O) groups excluding carboxylic acids is 3. The Bertz CT molecular complexity index is 687. The van der Waals surface area contributed by atoms with Crippen molar-refractivity contribution in [3.63, 3.8) is 0 Å². The van der Waals surface area contributed by atoms with E-state index in [2.05, 4.69) is 0 Å². The maximum atomic E-state index is 12.4. The smallest absolute Gasteiger partial charge is 0.294 e. The van der Waals surface area contributed by atoms with Gasteiger partial charge in [0.15, 0.2) is 0 Å². The maximum absolute atomic E-state index is 12.4. The van der Waals surface area contributed by atoms with E-state index in [9.17, 15) is 14.4 Å². The number of hydrogen-bond acceptors (Lipinski definition) is 5. The minimum atomic E-state index is -0.428. The Balaban J connectivity index is 1.67. The van der Waals surface area contributed by atoms with Crippen LogP contribution in [0.15, 0.2) is 21.5 Å². The van der Waals surface area contributed by atoms with E-state index < -0.39 is 11.1 Å². The van der Waals surface area contributed by atoms with E-state index in [1.54, 1.807) is 23.1 Å². The lowest BCUT2D eigenvalue weighted by atomic mass is 10.2. The molecule has 0 aromatic carbocycles. The van der Waals surface area contributed by atoms with E-state index in [0.717, 1.165) is 48.1 Å². The number of nitrogens with zero attached hydrogens (tertiary/aromatic N) is 2. The van der Waals surface area contributed by atoms with Crippen molar-refractivity contribution in [1.29, 1.82) is 0 Å². The van der Waals surface area contributed by atoms with Crippen LogP contribution in [0.3, 0.4) is 0 Å². The second-order valence-corrected chi connectivity index (χ2v) is 7.00. The van der Waals surface area contributed by atoms with Gasteiger partial charge in [0.1, 0.15) is 18.1 Å². The summed E-state index contributed by atoms with van der Waals surface area (Å²) in [6.45, 7) is 3.04. The van der Waals surface area contributed by atoms with Gasteiger partial charge in [-0.15, -0.1) is 0 Å². The van der Waals surface area contributed by atoms with E-state index in [1.807, 2.05) is 6.92 Å². The van der Waals surface area contributed by atoms with Crippen LogP contribution < -0.4 is 0 Å². The second-order valence-electron chi connectivity index (χ2n) is 6.01. The summed E-state index contributed by atoms with van der Waals surface area (Å²) in [4.78, 5) is 40.0. The molecule has 3 heterocycles. The zero-order chi connectivity index (χ0) is 17.1. The van der Waals surface area contributed by atoms with Crippen LogP contribution in [0, 0.1) is 6.92 Å². The molecule has 0 unspecified atom stereocenters. The number of hydrogen-bond donors (Lipinski definition) is 0.